The summed E-state index contributed by atoms with van der Waals surface area (Å²) in [4.78, 5) is 21.8. The summed E-state index contributed by atoms with van der Waals surface area (Å²) in [5.41, 5.74) is 2.22. The Balaban J connectivity index is 2.47. The Morgan fingerprint density at radius 2 is 2.10 bits per heavy atom. The molecule has 0 fully saturated rings. The van der Waals surface area contributed by atoms with E-state index in [1.165, 1.54) is 17.3 Å². The zero-order chi connectivity index (χ0) is 15.7. The minimum absolute atomic E-state index is 0.152. The van der Waals surface area contributed by atoms with E-state index in [1.807, 2.05) is 31.2 Å². The highest BCUT2D eigenvalue weighted by molar-refractivity contribution is 5.98. The number of carbonyl (C=O) groups excluding carboxylic acids is 1. The number of nitriles is 1. The van der Waals surface area contributed by atoms with Gasteiger partial charge < -0.3 is 15.7 Å². The van der Waals surface area contributed by atoms with Crippen molar-refractivity contribution < 1.29 is 14.7 Å². The van der Waals surface area contributed by atoms with E-state index in [1.54, 1.807) is 6.07 Å². The van der Waals surface area contributed by atoms with Gasteiger partial charge in [-0.25, -0.2) is 0 Å². The van der Waals surface area contributed by atoms with Crippen molar-refractivity contribution in [2.75, 3.05) is 13.1 Å². The van der Waals surface area contributed by atoms with E-state index < -0.39 is 18.4 Å². The molecule has 1 amide bonds. The van der Waals surface area contributed by atoms with Gasteiger partial charge in [-0.3, -0.25) is 9.59 Å². The van der Waals surface area contributed by atoms with Gasteiger partial charge in [0, 0.05) is 12.7 Å². The fourth-order valence-corrected chi connectivity index (χ4v) is 1.67. The highest BCUT2D eigenvalue weighted by Gasteiger charge is 2.09. The van der Waals surface area contributed by atoms with Gasteiger partial charge in [0.05, 0.1) is 0 Å². The van der Waals surface area contributed by atoms with Gasteiger partial charge in [0.15, 0.2) is 0 Å². The topological polar surface area (TPSA) is 102 Å². The summed E-state index contributed by atoms with van der Waals surface area (Å²) < 4.78 is 0. The number of nitrogens with one attached hydrogen (secondary N) is 2. The van der Waals surface area contributed by atoms with E-state index in [-0.39, 0.29) is 5.57 Å². The van der Waals surface area contributed by atoms with Crippen LogP contribution >= 0.6 is 0 Å². The molecule has 6 heteroatoms. The summed E-state index contributed by atoms with van der Waals surface area (Å²) in [5, 5.41) is 22.3. The average Bonchev–Trinajstić information content (AvgIpc) is 2.46. The number of hydrogen-bond donors (Lipinski definition) is 3. The molecule has 0 bridgehead atoms. The Morgan fingerprint density at radius 1 is 1.38 bits per heavy atom. The van der Waals surface area contributed by atoms with E-state index in [0.29, 0.717) is 6.54 Å². The second kappa shape index (κ2) is 8.38. The smallest absolute Gasteiger partial charge is 0.322 e. The van der Waals surface area contributed by atoms with Crippen LogP contribution in [0.15, 0.2) is 36.0 Å². The van der Waals surface area contributed by atoms with Crippen LogP contribution in [0.3, 0.4) is 0 Å². The second-order valence-electron chi connectivity index (χ2n) is 4.38. The van der Waals surface area contributed by atoms with Crippen LogP contribution < -0.4 is 10.6 Å². The summed E-state index contributed by atoms with van der Waals surface area (Å²) in [6.07, 6.45) is 2.06. The Labute approximate surface area is 123 Å². The van der Waals surface area contributed by atoms with Crippen molar-refractivity contribution in [1.82, 2.24) is 10.6 Å². The monoisotopic (exact) mass is 287 g/mol. The standard InChI is InChI=1S/C15H17N3O3/c1-11-4-2-3-5-12(11)6-7-17-9-13(8-16)15(21)18-10-14(19)20/h2-5,9,17H,6-7,10H2,1H3,(H,18,21)(H,19,20)/b13-9-. The van der Waals surface area contributed by atoms with Crippen LogP contribution in [-0.2, 0) is 16.0 Å². The summed E-state index contributed by atoms with van der Waals surface area (Å²) in [7, 11) is 0. The normalized spacial score (nSPS) is 10.6. The molecular formula is C15H17N3O3. The van der Waals surface area contributed by atoms with E-state index >= 15 is 0 Å². The number of hydrogen-bond acceptors (Lipinski definition) is 4. The van der Waals surface area contributed by atoms with Gasteiger partial charge in [0.1, 0.15) is 18.2 Å². The van der Waals surface area contributed by atoms with Crippen molar-refractivity contribution in [3.8, 4) is 6.07 Å². The maximum atomic E-state index is 11.5. The Morgan fingerprint density at radius 3 is 2.71 bits per heavy atom. The minimum Gasteiger partial charge on any atom is -0.480 e. The number of aryl methyl sites for hydroxylation is 1. The van der Waals surface area contributed by atoms with Crippen molar-refractivity contribution in [3.05, 3.63) is 47.2 Å². The van der Waals surface area contributed by atoms with Crippen molar-refractivity contribution in [2.24, 2.45) is 0 Å². The molecule has 0 saturated heterocycles. The van der Waals surface area contributed by atoms with Crippen molar-refractivity contribution in [3.63, 3.8) is 0 Å². The van der Waals surface area contributed by atoms with Crippen LogP contribution in [0.4, 0.5) is 0 Å². The third kappa shape index (κ3) is 5.78. The lowest BCUT2D eigenvalue weighted by Crippen LogP contribution is -2.30. The number of carboxylic acids is 1. The second-order valence-corrected chi connectivity index (χ2v) is 4.38. The molecule has 0 radical (unpaired) electrons. The van der Waals surface area contributed by atoms with Crippen LogP contribution in [0, 0.1) is 18.3 Å². The molecule has 0 aliphatic rings. The third-order valence-electron chi connectivity index (χ3n) is 2.81. The molecule has 0 saturated carbocycles. The fraction of sp³-hybridized carbons (Fsp3) is 0.267. The Kier molecular flexibility index (Phi) is 6.48. The zero-order valence-electron chi connectivity index (χ0n) is 11.7. The van der Waals surface area contributed by atoms with Gasteiger partial charge in [-0.1, -0.05) is 24.3 Å². The van der Waals surface area contributed by atoms with Crippen molar-refractivity contribution in [2.45, 2.75) is 13.3 Å². The first-order valence-corrected chi connectivity index (χ1v) is 6.42. The Hall–Kier alpha value is -2.81. The molecule has 1 aromatic rings. The lowest BCUT2D eigenvalue weighted by Gasteiger charge is -2.06. The number of amides is 1. The highest BCUT2D eigenvalue weighted by atomic mass is 16.4. The first-order valence-electron chi connectivity index (χ1n) is 6.42. The molecule has 0 heterocycles. The van der Waals surface area contributed by atoms with Crippen LogP contribution in [0.2, 0.25) is 0 Å². The van der Waals surface area contributed by atoms with Crippen molar-refractivity contribution >= 4 is 11.9 Å². The number of rotatable bonds is 7. The summed E-state index contributed by atoms with van der Waals surface area (Å²) in [6, 6.07) is 9.69. The summed E-state index contributed by atoms with van der Waals surface area (Å²) in [6.45, 7) is 2.08. The van der Waals surface area contributed by atoms with Gasteiger partial charge in [0.2, 0.25) is 0 Å². The largest absolute Gasteiger partial charge is 0.480 e. The Bertz CT molecular complexity index is 588. The van der Waals surface area contributed by atoms with Gasteiger partial charge >= 0.3 is 5.97 Å². The third-order valence-corrected chi connectivity index (χ3v) is 2.81. The predicted octanol–water partition coefficient (Wildman–Crippen LogP) is 0.735. The SMILES string of the molecule is Cc1ccccc1CCN/C=C(/C#N)C(=O)NCC(=O)O. The molecule has 110 valence electrons. The van der Waals surface area contributed by atoms with Crippen LogP contribution in [0.25, 0.3) is 0 Å². The average molecular weight is 287 g/mol. The summed E-state index contributed by atoms with van der Waals surface area (Å²) >= 11 is 0. The number of benzene rings is 1. The predicted molar refractivity (Wildman–Crippen MR) is 77.2 cm³/mol. The molecule has 0 aromatic heterocycles. The van der Waals surface area contributed by atoms with Gasteiger partial charge in [-0.15, -0.1) is 0 Å². The fourth-order valence-electron chi connectivity index (χ4n) is 1.67. The van der Waals surface area contributed by atoms with Gasteiger partial charge in [-0.2, -0.15) is 5.26 Å². The maximum Gasteiger partial charge on any atom is 0.322 e. The lowest BCUT2D eigenvalue weighted by atomic mass is 10.1. The molecule has 0 unspecified atom stereocenters. The van der Waals surface area contributed by atoms with E-state index in [4.69, 9.17) is 10.4 Å². The molecule has 0 aliphatic carbocycles. The number of carboxylic acid groups (broad SMARTS) is 1. The van der Waals surface area contributed by atoms with Crippen LogP contribution in [0.5, 0.6) is 0 Å². The first-order chi connectivity index (χ1) is 10.0. The van der Waals surface area contributed by atoms with E-state index in [0.717, 1.165) is 6.42 Å². The number of nitrogens with zero attached hydrogens (tertiary/aromatic N) is 1. The van der Waals surface area contributed by atoms with Crippen LogP contribution in [-0.4, -0.2) is 30.1 Å². The quantitative estimate of drug-likeness (QED) is 0.390. The molecule has 1 rings (SSSR count). The molecule has 0 spiro atoms. The molecule has 1 aromatic carbocycles. The number of carbonyl (C=O) groups is 2. The number of aliphatic carboxylic acids is 1. The molecule has 6 nitrogen and oxygen atoms in total. The summed E-state index contributed by atoms with van der Waals surface area (Å²) in [5.74, 6) is -1.86. The minimum atomic E-state index is -1.16. The molecule has 0 aliphatic heterocycles. The molecule has 3 N–H and O–H groups in total. The van der Waals surface area contributed by atoms with Crippen molar-refractivity contribution in [1.29, 1.82) is 5.26 Å². The lowest BCUT2D eigenvalue weighted by molar-refractivity contribution is -0.137. The molecular weight excluding hydrogens is 270 g/mol. The molecule has 21 heavy (non-hydrogen) atoms. The van der Waals surface area contributed by atoms with E-state index in [2.05, 4.69) is 10.6 Å². The van der Waals surface area contributed by atoms with Crippen LogP contribution in [0.1, 0.15) is 11.1 Å². The maximum absolute atomic E-state index is 11.5. The molecule has 0 atom stereocenters. The van der Waals surface area contributed by atoms with E-state index in [9.17, 15) is 9.59 Å². The van der Waals surface area contributed by atoms with Gasteiger partial charge in [-0.05, 0) is 24.5 Å². The first kappa shape index (κ1) is 16.2. The zero-order valence-corrected chi connectivity index (χ0v) is 11.7. The van der Waals surface area contributed by atoms with Gasteiger partial charge in [0.25, 0.3) is 5.91 Å². The highest BCUT2D eigenvalue weighted by Crippen LogP contribution is 2.06.